The van der Waals surface area contributed by atoms with Crippen LogP contribution >= 0.6 is 0 Å². The first kappa shape index (κ1) is 17.7. The van der Waals surface area contributed by atoms with Crippen LogP contribution in [-0.4, -0.2) is 60.2 Å². The van der Waals surface area contributed by atoms with E-state index in [1.807, 2.05) is 43.1 Å². The summed E-state index contributed by atoms with van der Waals surface area (Å²) in [6, 6.07) is 12.1. The molecule has 142 valence electrons. The highest BCUT2D eigenvalue weighted by Crippen LogP contribution is 2.42. The summed E-state index contributed by atoms with van der Waals surface area (Å²) in [5, 5.41) is 3.23. The second-order valence-electron chi connectivity index (χ2n) is 7.01. The molecule has 0 radical (unpaired) electrons. The van der Waals surface area contributed by atoms with Gasteiger partial charge in [-0.2, -0.15) is 4.98 Å². The molecule has 0 aliphatic carbocycles. The third-order valence-corrected chi connectivity index (χ3v) is 5.62. The molecule has 7 heteroatoms. The maximum atomic E-state index is 12.4. The topological polar surface area (TPSA) is 70.6 Å². The first-order valence-corrected chi connectivity index (χ1v) is 9.41. The van der Waals surface area contributed by atoms with Gasteiger partial charge in [-0.15, -0.1) is 0 Å². The molecule has 1 aromatic heterocycles. The highest BCUT2D eigenvalue weighted by atomic mass is 16.5. The third kappa shape index (κ3) is 3.02. The minimum atomic E-state index is -0.452. The summed E-state index contributed by atoms with van der Waals surface area (Å²) in [4.78, 5) is 25.5. The van der Waals surface area contributed by atoms with Gasteiger partial charge in [-0.05, 0) is 25.0 Å². The molecule has 2 aliphatic rings. The molecule has 1 amide bonds. The second-order valence-corrected chi connectivity index (χ2v) is 7.01. The Morgan fingerprint density at radius 3 is 2.89 bits per heavy atom. The zero-order valence-electron chi connectivity index (χ0n) is 15.8. The minimum Gasteiger partial charge on any atom is -0.370 e. The number of fused-ring (bicyclic) bond motifs is 1. The van der Waals surface area contributed by atoms with Crippen LogP contribution in [0, 0.1) is 0 Å². The predicted octanol–water partition coefficient (Wildman–Crippen LogP) is 1.87. The number of benzene rings is 1. The number of aromatic nitrogens is 2. The van der Waals surface area contributed by atoms with Crippen molar-refractivity contribution in [2.24, 2.45) is 0 Å². The monoisotopic (exact) mass is 367 g/mol. The Hall–Kier alpha value is -2.67. The zero-order valence-corrected chi connectivity index (χ0v) is 15.8. The molecule has 2 fully saturated rings. The van der Waals surface area contributed by atoms with E-state index in [0.29, 0.717) is 12.5 Å². The standard InChI is InChI=1S/C20H25N5O2/c1-3-21-17-9-11-22-19(23-17)25-12-10-20(15-7-5-4-6-8-15)16(13-25)27-14-18(26)24(20)2/h4-9,11,16H,3,10,12-14H2,1-2H3,(H,21,22,23)/t16-,20+/m1/s1. The van der Waals surface area contributed by atoms with Gasteiger partial charge in [0.15, 0.2) is 0 Å². The van der Waals surface area contributed by atoms with E-state index >= 15 is 0 Å². The molecule has 0 bridgehead atoms. The van der Waals surface area contributed by atoms with Crippen LogP contribution in [-0.2, 0) is 15.1 Å². The predicted molar refractivity (Wildman–Crippen MR) is 104 cm³/mol. The van der Waals surface area contributed by atoms with E-state index in [1.54, 1.807) is 6.20 Å². The SMILES string of the molecule is CCNc1ccnc(N2CC[C@]3(c4ccccc4)[C@@H](C2)OCC(=O)N3C)n1. The number of rotatable bonds is 4. The van der Waals surface area contributed by atoms with Gasteiger partial charge in [0, 0.05) is 32.9 Å². The molecule has 27 heavy (non-hydrogen) atoms. The van der Waals surface area contributed by atoms with Crippen LogP contribution in [0.3, 0.4) is 0 Å². The van der Waals surface area contributed by atoms with Gasteiger partial charge in [-0.3, -0.25) is 4.79 Å². The number of carbonyl (C=O) groups excluding carboxylic acids is 1. The van der Waals surface area contributed by atoms with Crippen molar-refractivity contribution < 1.29 is 9.53 Å². The number of carbonyl (C=O) groups is 1. The van der Waals surface area contributed by atoms with Crippen molar-refractivity contribution in [2.75, 3.05) is 43.5 Å². The van der Waals surface area contributed by atoms with Crippen molar-refractivity contribution >= 4 is 17.7 Å². The molecule has 2 aromatic rings. The van der Waals surface area contributed by atoms with Gasteiger partial charge in [0.05, 0.1) is 5.54 Å². The van der Waals surface area contributed by atoms with E-state index in [9.17, 15) is 4.79 Å². The number of piperidine rings is 1. The van der Waals surface area contributed by atoms with Crippen molar-refractivity contribution in [3.63, 3.8) is 0 Å². The smallest absolute Gasteiger partial charge is 0.249 e. The van der Waals surface area contributed by atoms with Gasteiger partial charge in [-0.25, -0.2) is 4.98 Å². The Balaban J connectivity index is 1.65. The van der Waals surface area contributed by atoms with Crippen molar-refractivity contribution in [3.05, 3.63) is 48.2 Å². The van der Waals surface area contributed by atoms with Gasteiger partial charge in [0.1, 0.15) is 18.5 Å². The summed E-state index contributed by atoms with van der Waals surface area (Å²) in [7, 11) is 1.89. The van der Waals surface area contributed by atoms with E-state index in [2.05, 4.69) is 32.3 Å². The minimum absolute atomic E-state index is 0.0222. The fraction of sp³-hybridized carbons (Fsp3) is 0.450. The number of amides is 1. The summed E-state index contributed by atoms with van der Waals surface area (Å²) < 4.78 is 6.05. The number of ether oxygens (including phenoxy) is 1. The zero-order chi connectivity index (χ0) is 18.9. The lowest BCUT2D eigenvalue weighted by atomic mass is 9.76. The fourth-order valence-electron chi connectivity index (χ4n) is 4.19. The Morgan fingerprint density at radius 1 is 1.30 bits per heavy atom. The summed E-state index contributed by atoms with van der Waals surface area (Å²) >= 11 is 0. The second kappa shape index (κ2) is 7.15. The summed E-state index contributed by atoms with van der Waals surface area (Å²) in [6.45, 7) is 4.36. The molecule has 1 aromatic carbocycles. The van der Waals surface area contributed by atoms with Crippen molar-refractivity contribution in [1.29, 1.82) is 0 Å². The van der Waals surface area contributed by atoms with Gasteiger partial charge in [0.25, 0.3) is 0 Å². The quantitative estimate of drug-likeness (QED) is 0.890. The van der Waals surface area contributed by atoms with Crippen LogP contribution in [0.1, 0.15) is 18.9 Å². The summed E-state index contributed by atoms with van der Waals surface area (Å²) in [5.74, 6) is 1.53. The van der Waals surface area contributed by atoms with Crippen molar-refractivity contribution in [1.82, 2.24) is 14.9 Å². The van der Waals surface area contributed by atoms with Gasteiger partial charge >= 0.3 is 0 Å². The average molecular weight is 367 g/mol. The van der Waals surface area contributed by atoms with Crippen LogP contribution in [0.5, 0.6) is 0 Å². The van der Waals surface area contributed by atoms with Crippen molar-refractivity contribution in [3.8, 4) is 0 Å². The maximum Gasteiger partial charge on any atom is 0.249 e. The molecule has 4 rings (SSSR count). The van der Waals surface area contributed by atoms with E-state index in [1.165, 1.54) is 0 Å². The van der Waals surface area contributed by atoms with Gasteiger partial charge < -0.3 is 19.9 Å². The normalized spacial score (nSPS) is 25.3. The van der Waals surface area contributed by atoms with Crippen LogP contribution in [0.4, 0.5) is 11.8 Å². The lowest BCUT2D eigenvalue weighted by Crippen LogP contribution is -2.67. The Labute approximate surface area is 159 Å². The number of likely N-dealkylation sites (N-methyl/N-ethyl adjacent to an activating group) is 1. The van der Waals surface area contributed by atoms with Crippen LogP contribution < -0.4 is 10.2 Å². The third-order valence-electron chi connectivity index (χ3n) is 5.62. The van der Waals surface area contributed by atoms with Crippen LogP contribution in [0.25, 0.3) is 0 Å². The highest BCUT2D eigenvalue weighted by Gasteiger charge is 2.52. The Morgan fingerprint density at radius 2 is 2.11 bits per heavy atom. The fourth-order valence-corrected chi connectivity index (χ4v) is 4.19. The average Bonchev–Trinajstić information content (AvgIpc) is 2.72. The lowest BCUT2D eigenvalue weighted by Gasteiger charge is -2.54. The summed E-state index contributed by atoms with van der Waals surface area (Å²) in [5.41, 5.74) is 0.666. The Bertz CT molecular complexity index is 815. The summed E-state index contributed by atoms with van der Waals surface area (Å²) in [6.07, 6.45) is 2.40. The number of anilines is 2. The van der Waals surface area contributed by atoms with Gasteiger partial charge in [-0.1, -0.05) is 30.3 Å². The highest BCUT2D eigenvalue weighted by molar-refractivity contribution is 5.79. The molecule has 0 unspecified atom stereocenters. The molecule has 0 spiro atoms. The maximum absolute atomic E-state index is 12.4. The first-order valence-electron chi connectivity index (χ1n) is 9.41. The van der Waals surface area contributed by atoms with E-state index < -0.39 is 5.54 Å². The molecule has 3 heterocycles. The van der Waals surface area contributed by atoms with E-state index in [0.717, 1.165) is 30.9 Å². The molecule has 2 saturated heterocycles. The molecule has 7 nitrogen and oxygen atoms in total. The number of nitrogens with one attached hydrogen (secondary N) is 1. The Kier molecular flexibility index (Phi) is 4.70. The molecule has 1 N–H and O–H groups in total. The molecule has 2 atom stereocenters. The van der Waals surface area contributed by atoms with Crippen molar-refractivity contribution in [2.45, 2.75) is 25.0 Å². The number of hydrogen-bond acceptors (Lipinski definition) is 6. The number of nitrogens with zero attached hydrogens (tertiary/aromatic N) is 4. The van der Waals surface area contributed by atoms with E-state index in [-0.39, 0.29) is 18.6 Å². The molecular formula is C20H25N5O2. The number of hydrogen-bond donors (Lipinski definition) is 1. The molecular weight excluding hydrogens is 342 g/mol. The largest absolute Gasteiger partial charge is 0.370 e. The van der Waals surface area contributed by atoms with Crippen LogP contribution in [0.15, 0.2) is 42.6 Å². The number of morpholine rings is 1. The lowest BCUT2D eigenvalue weighted by molar-refractivity contribution is -0.173. The first-order chi connectivity index (χ1) is 13.1. The molecule has 0 saturated carbocycles. The van der Waals surface area contributed by atoms with E-state index in [4.69, 9.17) is 4.74 Å². The molecule has 2 aliphatic heterocycles. The van der Waals surface area contributed by atoms with Crippen LogP contribution in [0.2, 0.25) is 0 Å². The van der Waals surface area contributed by atoms with Gasteiger partial charge in [0.2, 0.25) is 11.9 Å².